The second-order valence-corrected chi connectivity index (χ2v) is 8.69. The zero-order chi connectivity index (χ0) is 20.1. The molecule has 2 atom stereocenters. The Morgan fingerprint density at radius 2 is 2.00 bits per heavy atom. The molecule has 0 aliphatic carbocycles. The minimum Gasteiger partial charge on any atom is -0.381 e. The summed E-state index contributed by atoms with van der Waals surface area (Å²) in [5, 5.41) is 11.1. The average molecular weight is 392 g/mol. The fourth-order valence-electron chi connectivity index (χ4n) is 4.44. The molecule has 1 aromatic heterocycles. The SMILES string of the molecule is Cc1c(CNC(=O)[C@@H]2CC[C@H](NC(C)C)CN(C3CCOCC3)C2)cnn1C. The second-order valence-electron chi connectivity index (χ2n) is 8.69. The van der Waals surface area contributed by atoms with E-state index in [0.717, 1.165) is 63.2 Å². The number of carbonyl (C=O) groups excluding carboxylic acids is 1. The Bertz CT molecular complexity index is 639. The highest BCUT2D eigenvalue weighted by Crippen LogP contribution is 2.23. The molecule has 2 fully saturated rings. The topological polar surface area (TPSA) is 71.4 Å². The molecule has 2 aliphatic heterocycles. The predicted molar refractivity (Wildman–Crippen MR) is 110 cm³/mol. The zero-order valence-electron chi connectivity index (χ0n) is 17.9. The standard InChI is InChI=1S/C21H37N5O2/c1-15(2)24-19-6-5-17(13-26(14-19)20-7-9-28-10-8-20)21(27)22-11-18-12-23-25(4)16(18)3/h12,15,17,19-20,24H,5-11,13-14H2,1-4H3,(H,22,27)/t17-,19+/m1/s1. The molecule has 7 nitrogen and oxygen atoms in total. The van der Waals surface area contributed by atoms with Gasteiger partial charge in [-0.05, 0) is 32.6 Å². The van der Waals surface area contributed by atoms with Crippen LogP contribution in [0.25, 0.3) is 0 Å². The third kappa shape index (κ3) is 5.55. The summed E-state index contributed by atoms with van der Waals surface area (Å²) in [6.07, 6.45) is 5.96. The maximum atomic E-state index is 13.0. The quantitative estimate of drug-likeness (QED) is 0.771. The lowest BCUT2D eigenvalue weighted by atomic mass is 10.00. The van der Waals surface area contributed by atoms with Gasteiger partial charge in [-0.3, -0.25) is 14.4 Å². The number of hydrogen-bond donors (Lipinski definition) is 2. The minimum atomic E-state index is 0.0405. The summed E-state index contributed by atoms with van der Waals surface area (Å²) < 4.78 is 7.41. The lowest BCUT2D eigenvalue weighted by molar-refractivity contribution is -0.126. The van der Waals surface area contributed by atoms with Gasteiger partial charge in [-0.1, -0.05) is 13.8 Å². The summed E-state index contributed by atoms with van der Waals surface area (Å²) in [6.45, 7) is 10.5. The Morgan fingerprint density at radius 1 is 1.25 bits per heavy atom. The van der Waals surface area contributed by atoms with Crippen LogP contribution in [-0.2, 0) is 23.1 Å². The molecule has 2 N–H and O–H groups in total. The summed E-state index contributed by atoms with van der Waals surface area (Å²) in [5.74, 6) is 0.212. The Hall–Kier alpha value is -1.44. The molecular formula is C21H37N5O2. The number of carbonyl (C=O) groups is 1. The molecule has 0 unspecified atom stereocenters. The molecule has 7 heteroatoms. The van der Waals surface area contributed by atoms with E-state index >= 15 is 0 Å². The van der Waals surface area contributed by atoms with Crippen LogP contribution >= 0.6 is 0 Å². The van der Waals surface area contributed by atoms with Crippen molar-refractivity contribution in [2.24, 2.45) is 13.0 Å². The van der Waals surface area contributed by atoms with Gasteiger partial charge in [-0.15, -0.1) is 0 Å². The van der Waals surface area contributed by atoms with Crippen LogP contribution in [0.2, 0.25) is 0 Å². The van der Waals surface area contributed by atoms with E-state index in [0.29, 0.717) is 24.7 Å². The van der Waals surface area contributed by atoms with E-state index in [1.807, 2.05) is 24.9 Å². The van der Waals surface area contributed by atoms with Gasteiger partial charge in [-0.2, -0.15) is 5.10 Å². The van der Waals surface area contributed by atoms with Crippen LogP contribution in [0.1, 0.15) is 50.8 Å². The van der Waals surface area contributed by atoms with Crippen LogP contribution < -0.4 is 10.6 Å². The largest absolute Gasteiger partial charge is 0.381 e. The Balaban J connectivity index is 1.63. The van der Waals surface area contributed by atoms with Gasteiger partial charge >= 0.3 is 0 Å². The van der Waals surface area contributed by atoms with E-state index in [-0.39, 0.29) is 11.8 Å². The number of nitrogens with one attached hydrogen (secondary N) is 2. The maximum Gasteiger partial charge on any atom is 0.224 e. The van der Waals surface area contributed by atoms with Crippen molar-refractivity contribution in [3.8, 4) is 0 Å². The molecule has 3 rings (SSSR count). The third-order valence-electron chi connectivity index (χ3n) is 6.21. The van der Waals surface area contributed by atoms with Crippen LogP contribution in [0.5, 0.6) is 0 Å². The molecule has 0 saturated carbocycles. The summed E-state index contributed by atoms with van der Waals surface area (Å²) in [7, 11) is 1.93. The molecule has 1 aromatic rings. The number of likely N-dealkylation sites (tertiary alicyclic amines) is 1. The summed E-state index contributed by atoms with van der Waals surface area (Å²) in [6, 6.07) is 1.43. The second kappa shape index (κ2) is 9.85. The van der Waals surface area contributed by atoms with Crippen molar-refractivity contribution >= 4 is 5.91 Å². The molecule has 2 aliphatic rings. The number of hydrogen-bond acceptors (Lipinski definition) is 5. The zero-order valence-corrected chi connectivity index (χ0v) is 17.9. The van der Waals surface area contributed by atoms with Crippen molar-refractivity contribution in [2.75, 3.05) is 26.3 Å². The Kier molecular flexibility index (Phi) is 7.48. The summed E-state index contributed by atoms with van der Waals surface area (Å²) >= 11 is 0. The number of aromatic nitrogens is 2. The summed E-state index contributed by atoms with van der Waals surface area (Å²) in [5.41, 5.74) is 2.19. The predicted octanol–water partition coefficient (Wildman–Crippen LogP) is 1.60. The molecule has 158 valence electrons. The highest BCUT2D eigenvalue weighted by atomic mass is 16.5. The molecule has 28 heavy (non-hydrogen) atoms. The molecule has 0 spiro atoms. The van der Waals surface area contributed by atoms with Crippen molar-refractivity contribution in [1.82, 2.24) is 25.3 Å². The van der Waals surface area contributed by atoms with Gasteiger partial charge in [-0.25, -0.2) is 0 Å². The van der Waals surface area contributed by atoms with Crippen molar-refractivity contribution < 1.29 is 9.53 Å². The van der Waals surface area contributed by atoms with Crippen molar-refractivity contribution in [1.29, 1.82) is 0 Å². The maximum absolute atomic E-state index is 13.0. The number of amides is 1. The molecule has 0 bridgehead atoms. The number of aryl methyl sites for hydroxylation is 1. The van der Waals surface area contributed by atoms with E-state index in [4.69, 9.17) is 4.74 Å². The first-order valence-electron chi connectivity index (χ1n) is 10.8. The molecule has 3 heterocycles. The lowest BCUT2D eigenvalue weighted by Crippen LogP contribution is -2.49. The van der Waals surface area contributed by atoms with E-state index in [1.165, 1.54) is 0 Å². The number of rotatable bonds is 6. The van der Waals surface area contributed by atoms with E-state index in [1.54, 1.807) is 0 Å². The Morgan fingerprint density at radius 3 is 2.64 bits per heavy atom. The van der Waals surface area contributed by atoms with Gasteiger partial charge in [0.15, 0.2) is 0 Å². The molecule has 1 amide bonds. The van der Waals surface area contributed by atoms with Crippen molar-refractivity contribution in [2.45, 2.75) is 71.1 Å². The monoisotopic (exact) mass is 391 g/mol. The van der Waals surface area contributed by atoms with Crippen LogP contribution in [0.3, 0.4) is 0 Å². The first-order valence-corrected chi connectivity index (χ1v) is 10.8. The van der Waals surface area contributed by atoms with Gasteiger partial charge in [0.1, 0.15) is 0 Å². The fraction of sp³-hybridized carbons (Fsp3) is 0.810. The smallest absolute Gasteiger partial charge is 0.224 e. The summed E-state index contributed by atoms with van der Waals surface area (Å²) in [4.78, 5) is 15.5. The molecule has 0 radical (unpaired) electrons. The Labute approximate surface area is 169 Å². The van der Waals surface area contributed by atoms with Crippen LogP contribution in [0, 0.1) is 12.8 Å². The van der Waals surface area contributed by atoms with Crippen LogP contribution in [-0.4, -0.2) is 65.0 Å². The number of ether oxygens (including phenoxy) is 1. The highest BCUT2D eigenvalue weighted by Gasteiger charge is 2.32. The average Bonchev–Trinajstić information content (AvgIpc) is 2.88. The van der Waals surface area contributed by atoms with E-state index < -0.39 is 0 Å². The van der Waals surface area contributed by atoms with Crippen molar-refractivity contribution in [3.63, 3.8) is 0 Å². The van der Waals surface area contributed by atoms with Crippen molar-refractivity contribution in [3.05, 3.63) is 17.5 Å². The van der Waals surface area contributed by atoms with E-state index in [2.05, 4.69) is 34.5 Å². The van der Waals surface area contributed by atoms with Crippen LogP contribution in [0.15, 0.2) is 6.20 Å². The van der Waals surface area contributed by atoms with Gasteiger partial charge in [0, 0.05) is 69.3 Å². The van der Waals surface area contributed by atoms with E-state index in [9.17, 15) is 4.79 Å². The molecular weight excluding hydrogens is 354 g/mol. The van der Waals surface area contributed by atoms with Gasteiger partial charge in [0.25, 0.3) is 0 Å². The fourth-order valence-corrected chi connectivity index (χ4v) is 4.44. The minimum absolute atomic E-state index is 0.0405. The highest BCUT2D eigenvalue weighted by molar-refractivity contribution is 5.78. The van der Waals surface area contributed by atoms with Crippen LogP contribution in [0.4, 0.5) is 0 Å². The lowest BCUT2D eigenvalue weighted by Gasteiger charge is -2.36. The van der Waals surface area contributed by atoms with Gasteiger partial charge in [0.2, 0.25) is 5.91 Å². The molecule has 2 saturated heterocycles. The van der Waals surface area contributed by atoms with Gasteiger partial charge < -0.3 is 15.4 Å². The first kappa shape index (κ1) is 21.3. The van der Waals surface area contributed by atoms with Gasteiger partial charge in [0.05, 0.1) is 12.1 Å². The third-order valence-corrected chi connectivity index (χ3v) is 6.21. The first-order chi connectivity index (χ1) is 13.4. The molecule has 0 aromatic carbocycles. The normalized spacial score (nSPS) is 25.0. The number of nitrogens with zero attached hydrogens (tertiary/aromatic N) is 3.